The first-order chi connectivity index (χ1) is 15.4. The Balaban J connectivity index is 1.78. The van der Waals surface area contributed by atoms with Crippen LogP contribution in [0.15, 0.2) is 78.5 Å². The molecule has 0 unspecified atom stereocenters. The highest BCUT2D eigenvalue weighted by molar-refractivity contribution is 6.46. The average molecular weight is 428 g/mol. The summed E-state index contributed by atoms with van der Waals surface area (Å²) in [6.07, 6.45) is 0. The fourth-order valence-electron chi connectivity index (χ4n) is 3.61. The summed E-state index contributed by atoms with van der Waals surface area (Å²) < 4.78 is 5.28. The third kappa shape index (κ3) is 3.95. The molecule has 1 N–H and O–H groups in total. The Morgan fingerprint density at radius 2 is 1.56 bits per heavy atom. The second-order valence-corrected chi connectivity index (χ2v) is 7.83. The number of nitrogens with zero attached hydrogens (tertiary/aromatic N) is 2. The number of imide groups is 1. The van der Waals surface area contributed by atoms with Crippen LogP contribution in [0.3, 0.4) is 0 Å². The van der Waals surface area contributed by atoms with Gasteiger partial charge in [0.1, 0.15) is 11.4 Å². The number of methoxy groups -OCH3 is 1. The van der Waals surface area contributed by atoms with Gasteiger partial charge in [0.05, 0.1) is 18.4 Å². The van der Waals surface area contributed by atoms with Crippen LogP contribution in [0, 0.1) is 6.92 Å². The molecule has 2 amide bonds. The maximum absolute atomic E-state index is 13.5. The van der Waals surface area contributed by atoms with E-state index >= 15 is 0 Å². The van der Waals surface area contributed by atoms with E-state index in [0.29, 0.717) is 22.6 Å². The second kappa shape index (κ2) is 8.59. The third-order valence-electron chi connectivity index (χ3n) is 5.39. The number of anilines is 3. The maximum atomic E-state index is 13.5. The zero-order valence-electron chi connectivity index (χ0n) is 18.5. The van der Waals surface area contributed by atoms with Gasteiger partial charge in [-0.05, 0) is 48.9 Å². The van der Waals surface area contributed by atoms with E-state index in [2.05, 4.69) is 5.32 Å². The topological polar surface area (TPSA) is 61.9 Å². The number of carbonyl (C=O) groups excluding carboxylic acids is 2. The highest BCUT2D eigenvalue weighted by atomic mass is 16.5. The summed E-state index contributed by atoms with van der Waals surface area (Å²) in [7, 11) is 5.48. The normalized spacial score (nSPS) is 13.6. The molecular weight excluding hydrogens is 402 g/mol. The lowest BCUT2D eigenvalue weighted by Crippen LogP contribution is -2.32. The van der Waals surface area contributed by atoms with Crippen molar-refractivity contribution < 1.29 is 14.3 Å². The van der Waals surface area contributed by atoms with Gasteiger partial charge in [-0.3, -0.25) is 9.59 Å². The van der Waals surface area contributed by atoms with Crippen LogP contribution in [-0.4, -0.2) is 33.0 Å². The van der Waals surface area contributed by atoms with E-state index in [1.165, 1.54) is 4.90 Å². The Morgan fingerprint density at radius 3 is 2.19 bits per heavy atom. The molecule has 1 aliphatic heterocycles. The van der Waals surface area contributed by atoms with Gasteiger partial charge < -0.3 is 15.0 Å². The van der Waals surface area contributed by atoms with E-state index in [0.717, 1.165) is 16.9 Å². The van der Waals surface area contributed by atoms with Gasteiger partial charge in [0.2, 0.25) is 0 Å². The van der Waals surface area contributed by atoms with Crippen molar-refractivity contribution in [3.05, 3.63) is 89.6 Å². The second-order valence-electron chi connectivity index (χ2n) is 7.83. The van der Waals surface area contributed by atoms with Crippen LogP contribution in [0.5, 0.6) is 5.75 Å². The molecule has 3 aromatic rings. The summed E-state index contributed by atoms with van der Waals surface area (Å²) in [5.74, 6) is -0.212. The van der Waals surface area contributed by atoms with Crippen LogP contribution < -0.4 is 19.9 Å². The van der Waals surface area contributed by atoms with Gasteiger partial charge in [-0.25, -0.2) is 4.90 Å². The lowest BCUT2D eigenvalue weighted by molar-refractivity contribution is -0.120. The standard InChI is InChI=1S/C26H25N3O3/c1-17-8-10-18(11-9-17)23-24(27-19-12-14-20(15-13-19)28(2)3)26(31)29(25(23)30)21-6-5-7-22(16-21)32-4/h5-16,27H,1-4H3. The molecule has 0 spiro atoms. The van der Waals surface area contributed by atoms with Crippen molar-refractivity contribution in [2.45, 2.75) is 6.92 Å². The number of amides is 2. The first-order valence-corrected chi connectivity index (χ1v) is 10.3. The van der Waals surface area contributed by atoms with E-state index in [1.807, 2.05) is 74.4 Å². The summed E-state index contributed by atoms with van der Waals surface area (Å²) in [6.45, 7) is 1.98. The number of rotatable bonds is 6. The Kier molecular flexibility index (Phi) is 5.69. The molecule has 0 atom stereocenters. The first-order valence-electron chi connectivity index (χ1n) is 10.3. The van der Waals surface area contributed by atoms with Crippen molar-refractivity contribution in [1.29, 1.82) is 0 Å². The van der Waals surface area contributed by atoms with E-state index in [4.69, 9.17) is 4.74 Å². The molecule has 6 heteroatoms. The molecule has 1 heterocycles. The van der Waals surface area contributed by atoms with E-state index < -0.39 is 5.91 Å². The molecule has 4 rings (SSSR count). The maximum Gasteiger partial charge on any atom is 0.282 e. The van der Waals surface area contributed by atoms with E-state index in [1.54, 1.807) is 31.4 Å². The van der Waals surface area contributed by atoms with Crippen molar-refractivity contribution >= 4 is 34.4 Å². The van der Waals surface area contributed by atoms with Gasteiger partial charge in [0, 0.05) is 31.5 Å². The molecule has 1 aliphatic rings. The lowest BCUT2D eigenvalue weighted by atomic mass is 10.0. The van der Waals surface area contributed by atoms with Crippen LogP contribution in [0.1, 0.15) is 11.1 Å². The Hall–Kier alpha value is -4.06. The molecular formula is C26H25N3O3. The van der Waals surface area contributed by atoms with Crippen molar-refractivity contribution in [3.63, 3.8) is 0 Å². The Bertz CT molecular complexity index is 1200. The summed E-state index contributed by atoms with van der Waals surface area (Å²) in [4.78, 5) is 30.2. The highest BCUT2D eigenvalue weighted by Gasteiger charge is 2.40. The number of hydrogen-bond acceptors (Lipinski definition) is 5. The average Bonchev–Trinajstić information content (AvgIpc) is 3.04. The van der Waals surface area contributed by atoms with Gasteiger partial charge in [-0.15, -0.1) is 0 Å². The van der Waals surface area contributed by atoms with Crippen LogP contribution in [0.2, 0.25) is 0 Å². The molecule has 162 valence electrons. The minimum absolute atomic E-state index is 0.249. The largest absolute Gasteiger partial charge is 0.497 e. The quantitative estimate of drug-likeness (QED) is 0.589. The zero-order chi connectivity index (χ0) is 22.8. The van der Waals surface area contributed by atoms with E-state index in [-0.39, 0.29) is 11.6 Å². The van der Waals surface area contributed by atoms with Gasteiger partial charge in [-0.2, -0.15) is 0 Å². The number of hydrogen-bond donors (Lipinski definition) is 1. The van der Waals surface area contributed by atoms with Gasteiger partial charge in [0.25, 0.3) is 11.8 Å². The van der Waals surface area contributed by atoms with Gasteiger partial charge >= 0.3 is 0 Å². The molecule has 0 saturated heterocycles. The number of carbonyl (C=O) groups is 2. The predicted molar refractivity (Wildman–Crippen MR) is 128 cm³/mol. The fraction of sp³-hybridized carbons (Fsp3) is 0.154. The lowest BCUT2D eigenvalue weighted by Gasteiger charge is -2.16. The molecule has 0 aliphatic carbocycles. The molecule has 0 fully saturated rings. The van der Waals surface area contributed by atoms with E-state index in [9.17, 15) is 9.59 Å². The highest BCUT2D eigenvalue weighted by Crippen LogP contribution is 2.35. The number of benzene rings is 3. The smallest absolute Gasteiger partial charge is 0.282 e. The molecule has 6 nitrogen and oxygen atoms in total. The summed E-state index contributed by atoms with van der Waals surface area (Å²) in [6, 6.07) is 22.2. The zero-order valence-corrected chi connectivity index (χ0v) is 18.5. The number of nitrogens with one attached hydrogen (secondary N) is 1. The molecule has 0 saturated carbocycles. The molecule has 0 radical (unpaired) electrons. The summed E-state index contributed by atoms with van der Waals surface area (Å²) in [5, 5.41) is 3.20. The summed E-state index contributed by atoms with van der Waals surface area (Å²) >= 11 is 0. The van der Waals surface area contributed by atoms with Crippen molar-refractivity contribution in [1.82, 2.24) is 0 Å². The molecule has 3 aromatic carbocycles. The van der Waals surface area contributed by atoms with Crippen LogP contribution in [0.25, 0.3) is 5.57 Å². The fourth-order valence-corrected chi connectivity index (χ4v) is 3.61. The minimum atomic E-state index is -0.407. The van der Waals surface area contributed by atoms with Crippen molar-refractivity contribution in [2.75, 3.05) is 36.3 Å². The predicted octanol–water partition coefficient (Wildman–Crippen LogP) is 4.47. The van der Waals surface area contributed by atoms with Crippen molar-refractivity contribution in [3.8, 4) is 5.75 Å². The summed E-state index contributed by atoms with van der Waals surface area (Å²) in [5.41, 5.74) is 4.58. The van der Waals surface area contributed by atoms with Crippen LogP contribution >= 0.6 is 0 Å². The first kappa shape index (κ1) is 21.2. The molecule has 0 bridgehead atoms. The number of aryl methyl sites for hydroxylation is 1. The van der Waals surface area contributed by atoms with Gasteiger partial charge in [0.15, 0.2) is 0 Å². The van der Waals surface area contributed by atoms with Crippen molar-refractivity contribution in [2.24, 2.45) is 0 Å². The Labute approximate surface area is 187 Å². The monoisotopic (exact) mass is 427 g/mol. The third-order valence-corrected chi connectivity index (χ3v) is 5.39. The van der Waals surface area contributed by atoms with Crippen LogP contribution in [0.4, 0.5) is 17.1 Å². The van der Waals surface area contributed by atoms with Gasteiger partial charge in [-0.1, -0.05) is 35.9 Å². The molecule has 32 heavy (non-hydrogen) atoms. The molecule has 0 aromatic heterocycles. The SMILES string of the molecule is COc1cccc(N2C(=O)C(Nc3ccc(N(C)C)cc3)=C(c3ccc(C)cc3)C2=O)c1. The Morgan fingerprint density at radius 1 is 0.875 bits per heavy atom. The van der Waals surface area contributed by atoms with Crippen LogP contribution in [-0.2, 0) is 9.59 Å². The minimum Gasteiger partial charge on any atom is -0.497 e. The number of ether oxygens (including phenoxy) is 1.